The van der Waals surface area contributed by atoms with Gasteiger partial charge >= 0.3 is 0 Å². The minimum atomic E-state index is -2.18. The Bertz CT molecular complexity index is 1100. The lowest BCUT2D eigenvalue weighted by atomic mass is 10.1. The van der Waals surface area contributed by atoms with Crippen LogP contribution in [0.25, 0.3) is 0 Å². The van der Waals surface area contributed by atoms with Gasteiger partial charge in [-0.2, -0.15) is 0 Å². The quantitative estimate of drug-likeness (QED) is 0.0393. The summed E-state index contributed by atoms with van der Waals surface area (Å²) in [5, 5.41) is 3.62. The molecular weight excluding hydrogens is 591 g/mol. The van der Waals surface area contributed by atoms with Gasteiger partial charge in [0.15, 0.2) is 6.29 Å². The van der Waals surface area contributed by atoms with Crippen molar-refractivity contribution >= 4 is 33.8 Å². The molecule has 0 radical (unpaired) electrons. The maximum absolute atomic E-state index is 7.55. The van der Waals surface area contributed by atoms with Crippen molar-refractivity contribution < 1.29 is 9.47 Å². The van der Waals surface area contributed by atoms with E-state index in [9.17, 15) is 0 Å². The first-order valence-corrected chi connectivity index (χ1v) is 20.6. The van der Waals surface area contributed by atoms with Crippen LogP contribution in [0.4, 0.5) is 0 Å². The molecule has 0 aromatic heterocycles. The highest BCUT2D eigenvalue weighted by atomic mass is 35.7. The first-order chi connectivity index (χ1) is 22.2. The van der Waals surface area contributed by atoms with Crippen molar-refractivity contribution in [3.8, 4) is 0 Å². The van der Waals surface area contributed by atoms with Gasteiger partial charge in [0.2, 0.25) is 6.62 Å². The monoisotopic (exact) mass is 649 g/mol. The number of halogens is 1. The van der Waals surface area contributed by atoms with Crippen LogP contribution < -0.4 is 15.9 Å². The van der Waals surface area contributed by atoms with Crippen LogP contribution in [-0.4, -0.2) is 19.5 Å². The van der Waals surface area contributed by atoms with Crippen molar-refractivity contribution in [2.75, 3.05) is 13.2 Å². The number of hydrogen-bond acceptors (Lipinski definition) is 2. The second-order valence-corrected chi connectivity index (χ2v) is 16.5. The van der Waals surface area contributed by atoms with Crippen LogP contribution in [0.3, 0.4) is 0 Å². The number of allylic oxidation sites excluding steroid dienone is 2. The average molecular weight is 650 g/mol. The molecule has 45 heavy (non-hydrogen) atoms. The van der Waals surface area contributed by atoms with Crippen molar-refractivity contribution in [3.05, 3.63) is 103 Å². The second kappa shape index (κ2) is 23.4. The summed E-state index contributed by atoms with van der Waals surface area (Å²) in [7, 11) is 0. The molecule has 0 amide bonds. The molecule has 246 valence electrons. The maximum Gasteiger partial charge on any atom is 0.210 e. The van der Waals surface area contributed by atoms with E-state index in [1.807, 2.05) is 0 Å². The van der Waals surface area contributed by atoms with Crippen LogP contribution in [-0.2, 0) is 15.9 Å². The Hall–Kier alpha value is -1.96. The molecule has 0 fully saturated rings. The van der Waals surface area contributed by atoms with E-state index in [0.717, 1.165) is 51.7 Å². The molecule has 0 aliphatic rings. The fourth-order valence-electron chi connectivity index (χ4n) is 5.69. The molecule has 0 aliphatic heterocycles. The third kappa shape index (κ3) is 14.1. The van der Waals surface area contributed by atoms with Gasteiger partial charge in [0, 0.05) is 13.2 Å². The molecule has 0 N–H and O–H groups in total. The SMILES string of the molecule is CCCCCCOC(CCCCC/C=C/CCCc1ccc([P+](Cl)(c2ccccc2)c2ccccc2)cc1)OCCCCCC. The standard InChI is InChI=1S/C41H59ClO2P/c1-3-5-7-23-35-43-41(44-36-24-8-6-4-2)30-22-14-12-10-9-11-13-17-25-37-31-33-40(34-32-37)45(42,38-26-18-15-19-27-38)39-28-20-16-21-29-39/h9,11,15-16,18-21,26-29,31-34,41H,3-8,10,12-14,17,22-25,30,35-36H2,1-2H3/q+1/b11-9+. The maximum atomic E-state index is 7.55. The lowest BCUT2D eigenvalue weighted by Crippen LogP contribution is -2.27. The van der Waals surface area contributed by atoms with Gasteiger partial charge in [0.1, 0.15) is 27.2 Å². The molecule has 3 aromatic rings. The fraction of sp³-hybridized carbons (Fsp3) is 0.512. The lowest BCUT2D eigenvalue weighted by Gasteiger charge is -2.19. The molecule has 0 saturated heterocycles. The molecule has 0 spiro atoms. The number of hydrogen-bond donors (Lipinski definition) is 0. The third-order valence-electron chi connectivity index (χ3n) is 8.43. The van der Waals surface area contributed by atoms with Gasteiger partial charge in [-0.15, -0.1) is 0 Å². The van der Waals surface area contributed by atoms with Crippen molar-refractivity contribution in [1.29, 1.82) is 0 Å². The van der Waals surface area contributed by atoms with E-state index in [4.69, 9.17) is 20.7 Å². The van der Waals surface area contributed by atoms with Gasteiger partial charge in [-0.25, -0.2) is 0 Å². The Morgan fingerprint density at radius 3 is 1.58 bits per heavy atom. The second-order valence-electron chi connectivity index (χ2n) is 12.2. The Kier molecular flexibility index (Phi) is 19.5. The van der Waals surface area contributed by atoms with Crippen LogP contribution in [0.15, 0.2) is 97.1 Å². The highest BCUT2D eigenvalue weighted by Crippen LogP contribution is 2.60. The molecule has 0 unspecified atom stereocenters. The number of benzene rings is 3. The molecule has 0 atom stereocenters. The van der Waals surface area contributed by atoms with Gasteiger partial charge in [-0.05, 0) is 99.7 Å². The number of aryl methyl sites for hydroxylation is 1. The topological polar surface area (TPSA) is 18.5 Å². The van der Waals surface area contributed by atoms with Crippen LogP contribution in [0.5, 0.6) is 0 Å². The lowest BCUT2D eigenvalue weighted by molar-refractivity contribution is -0.148. The summed E-state index contributed by atoms with van der Waals surface area (Å²) in [6.07, 6.45) is 23.9. The smallest absolute Gasteiger partial charge is 0.210 e. The molecule has 3 aromatic carbocycles. The largest absolute Gasteiger partial charge is 0.353 e. The van der Waals surface area contributed by atoms with Gasteiger partial charge in [0.25, 0.3) is 0 Å². The zero-order valence-electron chi connectivity index (χ0n) is 28.2. The third-order valence-corrected chi connectivity index (χ3v) is 13.2. The van der Waals surface area contributed by atoms with Gasteiger partial charge in [-0.1, -0.05) is 119 Å². The molecule has 0 saturated carbocycles. The minimum absolute atomic E-state index is 0.0164. The first-order valence-electron chi connectivity index (χ1n) is 17.9. The number of rotatable bonds is 25. The summed E-state index contributed by atoms with van der Waals surface area (Å²) >= 11 is 7.55. The molecule has 2 nitrogen and oxygen atoms in total. The molecule has 0 heterocycles. The fourth-order valence-corrected chi connectivity index (χ4v) is 9.33. The van der Waals surface area contributed by atoms with Gasteiger partial charge in [0.05, 0.1) is 0 Å². The van der Waals surface area contributed by atoms with Crippen molar-refractivity contribution in [1.82, 2.24) is 0 Å². The van der Waals surface area contributed by atoms with E-state index >= 15 is 0 Å². The van der Waals surface area contributed by atoms with E-state index in [1.54, 1.807) is 0 Å². The molecule has 3 rings (SSSR count). The van der Waals surface area contributed by atoms with Crippen LogP contribution in [0.2, 0.25) is 0 Å². The zero-order valence-corrected chi connectivity index (χ0v) is 29.8. The summed E-state index contributed by atoms with van der Waals surface area (Å²) in [6, 6.07) is 30.2. The molecule has 0 bridgehead atoms. The average Bonchev–Trinajstić information content (AvgIpc) is 3.09. The van der Waals surface area contributed by atoms with Crippen LogP contribution in [0, 0.1) is 0 Å². The van der Waals surface area contributed by atoms with Crippen LogP contribution in [0.1, 0.15) is 116 Å². The Morgan fingerprint density at radius 1 is 0.556 bits per heavy atom. The molecular formula is C41H59ClO2P+. The number of unbranched alkanes of at least 4 members (excludes halogenated alkanes) is 10. The Morgan fingerprint density at radius 2 is 1.04 bits per heavy atom. The summed E-state index contributed by atoms with van der Waals surface area (Å²) in [6.45, 7) is 4.00. The molecule has 0 aliphatic carbocycles. The van der Waals surface area contributed by atoms with Crippen molar-refractivity contribution in [3.63, 3.8) is 0 Å². The Labute approximate surface area is 281 Å². The van der Waals surface area contributed by atoms with E-state index in [1.165, 1.54) is 85.7 Å². The van der Waals surface area contributed by atoms with E-state index < -0.39 is 6.62 Å². The zero-order chi connectivity index (χ0) is 31.8. The van der Waals surface area contributed by atoms with Crippen LogP contribution >= 0.6 is 17.9 Å². The van der Waals surface area contributed by atoms with Gasteiger partial charge < -0.3 is 9.47 Å². The van der Waals surface area contributed by atoms with Crippen molar-refractivity contribution in [2.45, 2.75) is 123 Å². The Balaban J connectivity index is 1.34. The molecule has 4 heteroatoms. The van der Waals surface area contributed by atoms with Crippen molar-refractivity contribution in [2.24, 2.45) is 0 Å². The van der Waals surface area contributed by atoms with Gasteiger partial charge in [-0.3, -0.25) is 0 Å². The van der Waals surface area contributed by atoms with E-state index in [2.05, 4.69) is 111 Å². The predicted molar refractivity (Wildman–Crippen MR) is 200 cm³/mol. The summed E-state index contributed by atoms with van der Waals surface area (Å²) in [5.41, 5.74) is 1.38. The summed E-state index contributed by atoms with van der Waals surface area (Å²) < 4.78 is 12.3. The highest BCUT2D eigenvalue weighted by molar-refractivity contribution is 8.14. The summed E-state index contributed by atoms with van der Waals surface area (Å²) in [4.78, 5) is 0. The summed E-state index contributed by atoms with van der Waals surface area (Å²) in [5.74, 6) is 0. The highest BCUT2D eigenvalue weighted by Gasteiger charge is 2.44. The minimum Gasteiger partial charge on any atom is -0.353 e. The van der Waals surface area contributed by atoms with E-state index in [-0.39, 0.29) is 6.29 Å². The predicted octanol–water partition coefficient (Wildman–Crippen LogP) is 11.5. The number of ether oxygens (including phenoxy) is 2. The normalized spacial score (nSPS) is 12.0. The van der Waals surface area contributed by atoms with E-state index in [0.29, 0.717) is 0 Å². The first kappa shape index (κ1) is 37.5.